The number of nitrogens with zero attached hydrogens (tertiary/aromatic N) is 1. The number of aromatic nitrogens is 1. The number of ether oxygens (including phenoxy) is 2. The summed E-state index contributed by atoms with van der Waals surface area (Å²) in [5, 5.41) is 11.6. The van der Waals surface area contributed by atoms with Crippen LogP contribution in [0.25, 0.3) is 0 Å². The molecule has 1 spiro atoms. The molecule has 2 unspecified atom stereocenters. The third kappa shape index (κ3) is 4.61. The maximum absolute atomic E-state index is 13.5. The van der Waals surface area contributed by atoms with Crippen LogP contribution in [-0.4, -0.2) is 25.4 Å². The van der Waals surface area contributed by atoms with Crippen LogP contribution in [0.15, 0.2) is 29.2 Å². The molecule has 0 radical (unpaired) electrons. The molecule has 2 aromatic rings. The molecule has 2 aliphatic heterocycles. The van der Waals surface area contributed by atoms with Crippen molar-refractivity contribution in [3.63, 3.8) is 0 Å². The van der Waals surface area contributed by atoms with E-state index in [4.69, 9.17) is 14.3 Å². The van der Waals surface area contributed by atoms with E-state index >= 15 is 0 Å². The van der Waals surface area contributed by atoms with E-state index in [1.54, 1.807) is 7.11 Å². The lowest BCUT2D eigenvalue weighted by molar-refractivity contribution is -0.897. The first-order chi connectivity index (χ1) is 18.5. The molecule has 3 heterocycles. The zero-order valence-corrected chi connectivity index (χ0v) is 23.8. The standard InChI is InChI=1S/C29H37F5NO4S/c1-28(2)16-21-23(22(36)17-28)25-24(26(35(21)37-3)18-10-14-38-15-11-18)27(39-29(25)12-4-5-13-29)19-6-8-20(9-7-19)40(30,31,32,33)34/h6-9,18,22,27,36H,4-5,10-17H2,1-3H3/q+1. The zero-order chi connectivity index (χ0) is 28.8. The van der Waals surface area contributed by atoms with Gasteiger partial charge in [0.25, 0.3) is 0 Å². The Bertz CT molecular complexity index is 1330. The van der Waals surface area contributed by atoms with E-state index in [2.05, 4.69) is 13.8 Å². The summed E-state index contributed by atoms with van der Waals surface area (Å²) < 4.78 is 82.1. The molecule has 1 aromatic carbocycles. The molecule has 1 N–H and O–H groups in total. The van der Waals surface area contributed by atoms with Crippen molar-refractivity contribution in [1.82, 2.24) is 0 Å². The summed E-state index contributed by atoms with van der Waals surface area (Å²) in [6.45, 7) is 5.35. The van der Waals surface area contributed by atoms with Crippen LogP contribution in [0, 0.1) is 5.41 Å². The van der Waals surface area contributed by atoms with Gasteiger partial charge in [-0.3, -0.25) is 4.84 Å². The predicted octanol–water partition coefficient (Wildman–Crippen LogP) is 7.48. The fourth-order valence-corrected chi connectivity index (χ4v) is 8.22. The Balaban J connectivity index is 1.63. The molecule has 6 rings (SSSR count). The van der Waals surface area contributed by atoms with Crippen molar-refractivity contribution in [2.24, 2.45) is 5.41 Å². The van der Waals surface area contributed by atoms with Gasteiger partial charge in [0.1, 0.15) is 18.1 Å². The Labute approximate surface area is 231 Å². The first kappa shape index (κ1) is 28.2. The molecule has 2 aliphatic carbocycles. The van der Waals surface area contributed by atoms with E-state index in [1.807, 2.05) is 4.73 Å². The van der Waals surface area contributed by atoms with Crippen LogP contribution in [0.2, 0.25) is 0 Å². The summed E-state index contributed by atoms with van der Waals surface area (Å²) in [6, 6.07) is 3.15. The van der Waals surface area contributed by atoms with E-state index < -0.39 is 32.9 Å². The van der Waals surface area contributed by atoms with Gasteiger partial charge in [0, 0.05) is 29.9 Å². The normalized spacial score (nSPS) is 27.6. The molecule has 2 fully saturated rings. The van der Waals surface area contributed by atoms with Gasteiger partial charge in [0.05, 0.1) is 28.7 Å². The number of hydrogen-bond acceptors (Lipinski definition) is 4. The topological polar surface area (TPSA) is 51.8 Å². The van der Waals surface area contributed by atoms with E-state index in [0.29, 0.717) is 56.6 Å². The van der Waals surface area contributed by atoms with Crippen molar-refractivity contribution >= 4 is 10.2 Å². The monoisotopic (exact) mass is 590 g/mol. The molecular formula is C29H37F5NO4S+. The Kier molecular flexibility index (Phi) is 6.02. The van der Waals surface area contributed by atoms with Crippen LogP contribution in [0.4, 0.5) is 19.4 Å². The lowest BCUT2D eigenvalue weighted by atomic mass is 9.70. The quantitative estimate of drug-likeness (QED) is 0.296. The fraction of sp³-hybridized carbons (Fsp3) is 0.621. The Morgan fingerprint density at radius 1 is 0.975 bits per heavy atom. The second kappa shape index (κ2) is 8.55. The van der Waals surface area contributed by atoms with Crippen LogP contribution in [0.3, 0.4) is 0 Å². The fourth-order valence-electron chi connectivity index (χ4n) is 7.57. The third-order valence-corrected chi connectivity index (χ3v) is 10.4. The van der Waals surface area contributed by atoms with Crippen LogP contribution in [0.5, 0.6) is 0 Å². The summed E-state index contributed by atoms with van der Waals surface area (Å²) >= 11 is 0. The number of aliphatic hydroxyl groups is 1. The first-order valence-corrected chi connectivity index (χ1v) is 16.0. The number of benzene rings is 1. The maximum Gasteiger partial charge on any atom is 0.310 e. The third-order valence-electron chi connectivity index (χ3n) is 9.21. The summed E-state index contributed by atoms with van der Waals surface area (Å²) in [7, 11) is -8.24. The molecule has 11 heteroatoms. The number of halogens is 5. The average Bonchev–Trinajstić information content (AvgIpc) is 3.47. The number of rotatable bonds is 4. The summed E-state index contributed by atoms with van der Waals surface area (Å²) in [4.78, 5) is 4.14. The van der Waals surface area contributed by atoms with Crippen molar-refractivity contribution in [3.05, 3.63) is 57.9 Å². The molecule has 1 saturated carbocycles. The van der Waals surface area contributed by atoms with E-state index in [9.17, 15) is 24.5 Å². The SMILES string of the molecule is CO[n+]1c2c(c3c(c1C1CCOCC1)C(c1ccc(S(F)(F)(F)(F)F)cc1)OC31CCCC1)C(O)CC(C)(C)C2. The van der Waals surface area contributed by atoms with Crippen molar-refractivity contribution in [3.8, 4) is 0 Å². The minimum atomic E-state index is -9.83. The van der Waals surface area contributed by atoms with Crippen LogP contribution >= 0.6 is 10.2 Å². The highest BCUT2D eigenvalue weighted by Crippen LogP contribution is 3.02. The van der Waals surface area contributed by atoms with Crippen LogP contribution < -0.4 is 9.57 Å². The van der Waals surface area contributed by atoms with Gasteiger partial charge in [-0.05, 0) is 55.2 Å². The second-order valence-corrected chi connectivity index (χ2v) is 15.1. The van der Waals surface area contributed by atoms with E-state index in [0.717, 1.165) is 65.9 Å². The van der Waals surface area contributed by atoms with Crippen LogP contribution in [-0.2, 0) is 21.5 Å². The van der Waals surface area contributed by atoms with Gasteiger partial charge in [-0.1, -0.05) is 58.3 Å². The van der Waals surface area contributed by atoms with Gasteiger partial charge >= 0.3 is 10.2 Å². The number of hydrogen-bond donors (Lipinski definition) is 1. The van der Waals surface area contributed by atoms with E-state index in [1.165, 1.54) is 0 Å². The molecule has 40 heavy (non-hydrogen) atoms. The maximum atomic E-state index is 13.5. The zero-order valence-electron chi connectivity index (χ0n) is 23.0. The lowest BCUT2D eigenvalue weighted by Crippen LogP contribution is -2.54. The largest absolute Gasteiger partial charge is 0.388 e. The Morgan fingerprint density at radius 2 is 1.60 bits per heavy atom. The average molecular weight is 591 g/mol. The van der Waals surface area contributed by atoms with Gasteiger partial charge in [0.2, 0.25) is 11.4 Å². The molecule has 1 aromatic heterocycles. The Hall–Kier alpha value is -1.95. The second-order valence-electron chi connectivity index (χ2n) is 12.7. The van der Waals surface area contributed by atoms with Crippen molar-refractivity contribution in [1.29, 1.82) is 0 Å². The highest BCUT2D eigenvalue weighted by Gasteiger charge is 2.65. The highest BCUT2D eigenvalue weighted by molar-refractivity contribution is 8.45. The summed E-state index contributed by atoms with van der Waals surface area (Å²) in [5.41, 5.74) is 3.79. The lowest BCUT2D eigenvalue weighted by Gasteiger charge is -2.40. The minimum Gasteiger partial charge on any atom is -0.388 e. The van der Waals surface area contributed by atoms with Gasteiger partial charge < -0.3 is 14.6 Å². The Morgan fingerprint density at radius 3 is 2.17 bits per heavy atom. The molecule has 5 nitrogen and oxygen atoms in total. The highest BCUT2D eigenvalue weighted by atomic mass is 32.5. The molecule has 2 atom stereocenters. The van der Waals surface area contributed by atoms with Gasteiger partial charge in [0.15, 0.2) is 0 Å². The van der Waals surface area contributed by atoms with Crippen LogP contribution in [0.1, 0.15) is 111 Å². The van der Waals surface area contributed by atoms with Gasteiger partial charge in [-0.15, -0.1) is 0 Å². The molecule has 0 amide bonds. The van der Waals surface area contributed by atoms with Gasteiger partial charge in [-0.25, -0.2) is 0 Å². The molecule has 1 saturated heterocycles. The van der Waals surface area contributed by atoms with Crippen molar-refractivity contribution in [2.45, 2.75) is 93.8 Å². The van der Waals surface area contributed by atoms with E-state index in [-0.39, 0.29) is 11.3 Å². The summed E-state index contributed by atoms with van der Waals surface area (Å²) in [6.07, 6.45) is 4.38. The molecule has 4 aliphatic rings. The smallest absolute Gasteiger partial charge is 0.310 e. The number of fused-ring (bicyclic) bond motifs is 4. The predicted molar refractivity (Wildman–Crippen MR) is 140 cm³/mol. The number of aliphatic hydroxyl groups excluding tert-OH is 1. The minimum absolute atomic E-state index is 0.0292. The molecule has 222 valence electrons. The molecular weight excluding hydrogens is 553 g/mol. The summed E-state index contributed by atoms with van der Waals surface area (Å²) in [5.74, 6) is 0.0292. The number of pyridine rings is 1. The first-order valence-electron chi connectivity index (χ1n) is 14.0. The van der Waals surface area contributed by atoms with Crippen molar-refractivity contribution < 1.29 is 43.6 Å². The van der Waals surface area contributed by atoms with Crippen molar-refractivity contribution in [2.75, 3.05) is 20.3 Å². The molecule has 0 bridgehead atoms. The van der Waals surface area contributed by atoms with Gasteiger partial charge in [-0.2, -0.15) is 0 Å².